The van der Waals surface area contributed by atoms with Gasteiger partial charge in [-0.05, 0) is 29.8 Å². The van der Waals surface area contributed by atoms with E-state index in [1.165, 1.54) is 25.2 Å². The summed E-state index contributed by atoms with van der Waals surface area (Å²) in [6, 6.07) is 4.91. The van der Waals surface area contributed by atoms with Gasteiger partial charge in [0.15, 0.2) is 6.10 Å². The highest BCUT2D eigenvalue weighted by Gasteiger charge is 2.47. The quantitative estimate of drug-likeness (QED) is 0.419. The Morgan fingerprint density at radius 2 is 1.97 bits per heavy atom. The van der Waals surface area contributed by atoms with E-state index in [0.29, 0.717) is 0 Å². The Kier molecular flexibility index (Phi) is 6.79. The van der Waals surface area contributed by atoms with Gasteiger partial charge in [-0.1, -0.05) is 18.2 Å². The molecule has 2 aromatic rings. The van der Waals surface area contributed by atoms with Crippen molar-refractivity contribution >= 4 is 23.4 Å². The minimum Gasteiger partial charge on any atom is -0.357 e. The predicted octanol–water partition coefficient (Wildman–Crippen LogP) is 3.31. The van der Waals surface area contributed by atoms with E-state index in [0.717, 1.165) is 17.0 Å². The molecule has 7 nitrogen and oxygen atoms in total. The summed E-state index contributed by atoms with van der Waals surface area (Å²) >= 11 is 6.07. The second kappa shape index (κ2) is 9.21. The average molecular weight is 473 g/mol. The molecule has 1 N–H and O–H groups in total. The van der Waals surface area contributed by atoms with Crippen molar-refractivity contribution in [2.24, 2.45) is 0 Å². The molecule has 12 heteroatoms. The molecular formula is C20H17ClF4N4O3. The number of morpholine rings is 1. The van der Waals surface area contributed by atoms with Crippen LogP contribution >= 0.6 is 11.6 Å². The van der Waals surface area contributed by atoms with Crippen LogP contribution in [-0.2, 0) is 9.53 Å². The van der Waals surface area contributed by atoms with Crippen LogP contribution in [0.1, 0.15) is 22.2 Å². The Morgan fingerprint density at radius 3 is 2.59 bits per heavy atom. The van der Waals surface area contributed by atoms with E-state index in [4.69, 9.17) is 16.3 Å². The number of hydrogen-bond donors (Lipinski definition) is 1. The van der Waals surface area contributed by atoms with Crippen molar-refractivity contribution in [1.29, 1.82) is 0 Å². The molecule has 1 aliphatic heterocycles. The summed E-state index contributed by atoms with van der Waals surface area (Å²) in [5.74, 6) is -2.28. The van der Waals surface area contributed by atoms with Crippen molar-refractivity contribution in [2.75, 3.05) is 20.1 Å². The number of hydrogen-bond acceptors (Lipinski definition) is 5. The summed E-state index contributed by atoms with van der Waals surface area (Å²) in [6.45, 7) is 2.44. The summed E-state index contributed by atoms with van der Waals surface area (Å²) in [5, 5.41) is 2.21. The van der Waals surface area contributed by atoms with E-state index in [2.05, 4.69) is 21.9 Å². The third-order valence-corrected chi connectivity index (χ3v) is 4.88. The van der Waals surface area contributed by atoms with Crippen molar-refractivity contribution in [1.82, 2.24) is 20.2 Å². The number of ether oxygens (including phenoxy) is 1. The lowest BCUT2D eigenvalue weighted by Gasteiger charge is -2.38. The molecular weight excluding hydrogens is 456 g/mol. The fraction of sp³-hybridized carbons (Fsp3) is 0.300. The zero-order valence-corrected chi connectivity index (χ0v) is 17.4. The van der Waals surface area contributed by atoms with Gasteiger partial charge in [-0.3, -0.25) is 9.59 Å². The van der Waals surface area contributed by atoms with Crippen molar-refractivity contribution in [3.05, 3.63) is 59.3 Å². The molecule has 1 saturated heterocycles. The van der Waals surface area contributed by atoms with Gasteiger partial charge in [0, 0.05) is 18.7 Å². The molecule has 2 aromatic heterocycles. The van der Waals surface area contributed by atoms with Gasteiger partial charge in [0.05, 0.1) is 18.8 Å². The Balaban J connectivity index is 2.02. The van der Waals surface area contributed by atoms with Crippen molar-refractivity contribution in [2.45, 2.75) is 18.4 Å². The van der Waals surface area contributed by atoms with Crippen LogP contribution in [0.2, 0.25) is 5.15 Å². The summed E-state index contributed by atoms with van der Waals surface area (Å²) in [7, 11) is 1.35. The molecule has 2 atom stereocenters. The van der Waals surface area contributed by atoms with Crippen molar-refractivity contribution < 1.29 is 31.9 Å². The van der Waals surface area contributed by atoms with Crippen LogP contribution in [0, 0.1) is 5.95 Å². The predicted molar refractivity (Wildman–Crippen MR) is 106 cm³/mol. The Hall–Kier alpha value is -3.05. The standard InChI is InChI=1S/C20H17ClF4N4O3/c1-3-18(30)29-8-14(32-15(9-29)20(23,24)25)11-5-12(27-16(21)6-11)10-4-13(19(31)26-2)28-17(22)7-10/h3-7,14-15H,1,8-9H2,2H3,(H,26,31)/t14-,15?/m0/s1. The van der Waals surface area contributed by atoms with Gasteiger partial charge in [0.25, 0.3) is 5.91 Å². The maximum absolute atomic E-state index is 14.0. The summed E-state index contributed by atoms with van der Waals surface area (Å²) in [5.41, 5.74) is 0.175. The number of alkyl halides is 3. The van der Waals surface area contributed by atoms with Crippen molar-refractivity contribution in [3.8, 4) is 11.3 Å². The van der Waals surface area contributed by atoms with Gasteiger partial charge in [-0.25, -0.2) is 9.97 Å². The van der Waals surface area contributed by atoms with Crippen LogP contribution < -0.4 is 5.32 Å². The lowest BCUT2D eigenvalue weighted by Crippen LogP contribution is -2.51. The second-order valence-corrected chi connectivity index (χ2v) is 7.24. The molecule has 0 aromatic carbocycles. The van der Waals surface area contributed by atoms with Gasteiger partial charge in [-0.15, -0.1) is 0 Å². The molecule has 1 aliphatic rings. The largest absolute Gasteiger partial charge is 0.416 e. The molecule has 170 valence electrons. The molecule has 0 radical (unpaired) electrons. The fourth-order valence-corrected chi connectivity index (χ4v) is 3.39. The zero-order valence-electron chi connectivity index (χ0n) is 16.6. The van der Waals surface area contributed by atoms with E-state index in [1.54, 1.807) is 0 Å². The van der Waals surface area contributed by atoms with Crippen LogP contribution in [0.25, 0.3) is 11.3 Å². The van der Waals surface area contributed by atoms with Gasteiger partial charge >= 0.3 is 6.18 Å². The number of aromatic nitrogens is 2. The van der Waals surface area contributed by atoms with Crippen LogP contribution in [0.15, 0.2) is 36.9 Å². The number of carbonyl (C=O) groups is 2. The number of rotatable bonds is 4. The number of carbonyl (C=O) groups excluding carboxylic acids is 2. The number of halogens is 5. The van der Waals surface area contributed by atoms with E-state index in [1.807, 2.05) is 0 Å². The summed E-state index contributed by atoms with van der Waals surface area (Å²) in [6.07, 6.45) is -7.21. The third kappa shape index (κ3) is 5.22. The molecule has 1 fully saturated rings. The highest BCUT2D eigenvalue weighted by Crippen LogP contribution is 2.35. The zero-order chi connectivity index (χ0) is 23.6. The number of pyridine rings is 2. The molecule has 1 unspecified atom stereocenters. The van der Waals surface area contributed by atoms with Crippen LogP contribution in [0.4, 0.5) is 17.6 Å². The van der Waals surface area contributed by atoms with E-state index in [9.17, 15) is 27.2 Å². The van der Waals surface area contributed by atoms with Crippen LogP contribution in [0.3, 0.4) is 0 Å². The third-order valence-electron chi connectivity index (χ3n) is 4.69. The minimum absolute atomic E-state index is 0.0817. The highest BCUT2D eigenvalue weighted by molar-refractivity contribution is 6.29. The molecule has 0 bridgehead atoms. The number of nitrogens with zero attached hydrogens (tertiary/aromatic N) is 3. The second-order valence-electron chi connectivity index (χ2n) is 6.85. The van der Waals surface area contributed by atoms with Crippen molar-refractivity contribution in [3.63, 3.8) is 0 Å². The summed E-state index contributed by atoms with van der Waals surface area (Å²) in [4.78, 5) is 32.4. The first-order chi connectivity index (χ1) is 15.0. The molecule has 0 saturated carbocycles. The summed E-state index contributed by atoms with van der Waals surface area (Å²) < 4.78 is 59.3. The number of amides is 2. The molecule has 3 heterocycles. The van der Waals surface area contributed by atoms with E-state index < -0.39 is 42.7 Å². The number of nitrogens with one attached hydrogen (secondary N) is 1. The smallest absolute Gasteiger partial charge is 0.357 e. The lowest BCUT2D eigenvalue weighted by molar-refractivity contribution is -0.253. The first kappa shape index (κ1) is 23.6. The van der Waals surface area contributed by atoms with Crippen LogP contribution in [-0.4, -0.2) is 59.1 Å². The minimum atomic E-state index is -4.71. The van der Waals surface area contributed by atoms with Gasteiger partial charge in [0.2, 0.25) is 11.9 Å². The Morgan fingerprint density at radius 1 is 1.25 bits per heavy atom. The van der Waals surface area contributed by atoms with Gasteiger partial charge in [0.1, 0.15) is 17.0 Å². The molecule has 0 aliphatic carbocycles. The molecule has 32 heavy (non-hydrogen) atoms. The Bertz CT molecular complexity index is 1060. The topological polar surface area (TPSA) is 84.4 Å². The monoisotopic (exact) mass is 472 g/mol. The van der Waals surface area contributed by atoms with E-state index in [-0.39, 0.29) is 34.2 Å². The van der Waals surface area contributed by atoms with Crippen LogP contribution in [0.5, 0.6) is 0 Å². The lowest BCUT2D eigenvalue weighted by atomic mass is 10.0. The normalized spacial score (nSPS) is 18.9. The highest BCUT2D eigenvalue weighted by atomic mass is 35.5. The SMILES string of the molecule is C=CC(=O)N1CC(C(F)(F)F)O[C@H](c2cc(Cl)nc(-c3cc(F)nc(C(=O)NC)c3)c2)C1. The maximum Gasteiger partial charge on any atom is 0.416 e. The van der Waals surface area contributed by atoms with Gasteiger partial charge in [-0.2, -0.15) is 17.6 Å². The van der Waals surface area contributed by atoms with E-state index >= 15 is 0 Å². The first-order valence-corrected chi connectivity index (χ1v) is 9.60. The molecule has 2 amide bonds. The van der Waals surface area contributed by atoms with Gasteiger partial charge < -0.3 is 15.0 Å². The first-order valence-electron chi connectivity index (χ1n) is 9.23. The Labute approximate surface area is 185 Å². The average Bonchev–Trinajstić information content (AvgIpc) is 2.76. The molecule has 0 spiro atoms. The maximum atomic E-state index is 14.0. The fourth-order valence-electron chi connectivity index (χ4n) is 3.17. The molecule has 3 rings (SSSR count).